The van der Waals surface area contributed by atoms with Crippen LogP contribution in [0.25, 0.3) is 21.5 Å². The van der Waals surface area contributed by atoms with Crippen molar-refractivity contribution in [2.75, 3.05) is 0 Å². The molecule has 0 bridgehead atoms. The fourth-order valence-electron chi connectivity index (χ4n) is 3.01. The van der Waals surface area contributed by atoms with Crippen LogP contribution in [0.15, 0.2) is 0 Å². The molecule has 0 saturated heterocycles. The summed E-state index contributed by atoms with van der Waals surface area (Å²) in [6.07, 6.45) is -7.11. The SMILES string of the molecule is Fc1c(F)c(F)c2c(Cl)c3c(C(F)(F)C(F)(F)C(F)(F)F)c(F)c(F)c(F)c3c(Cl)c2c1F. The number of fused-ring (bicyclic) bond motifs is 2. The lowest BCUT2D eigenvalue weighted by Crippen LogP contribution is -2.50. The Balaban J connectivity index is 2.77. The zero-order chi connectivity index (χ0) is 25.6. The van der Waals surface area contributed by atoms with Crippen molar-refractivity contribution in [3.05, 3.63) is 56.3 Å². The van der Waals surface area contributed by atoms with Gasteiger partial charge < -0.3 is 0 Å². The van der Waals surface area contributed by atoms with Gasteiger partial charge >= 0.3 is 18.0 Å². The average molecular weight is 541 g/mol. The molecule has 0 saturated carbocycles. The highest BCUT2D eigenvalue weighted by molar-refractivity contribution is 6.47. The molecule has 16 heteroatoms. The van der Waals surface area contributed by atoms with Gasteiger partial charge in [0.1, 0.15) is 0 Å². The predicted octanol–water partition coefficient (Wildman–Crippen LogP) is 8.56. The number of rotatable bonds is 2. The zero-order valence-corrected chi connectivity index (χ0v) is 16.1. The summed E-state index contributed by atoms with van der Waals surface area (Å²) >= 11 is 10.9. The van der Waals surface area contributed by atoms with E-state index in [1.807, 2.05) is 0 Å². The van der Waals surface area contributed by atoms with Crippen LogP contribution in [0.4, 0.5) is 61.5 Å². The van der Waals surface area contributed by atoms with E-state index in [1.165, 1.54) is 0 Å². The average Bonchev–Trinajstić information content (AvgIpc) is 2.69. The van der Waals surface area contributed by atoms with Gasteiger partial charge in [-0.1, -0.05) is 23.2 Å². The largest absolute Gasteiger partial charge is 0.460 e. The molecule has 0 unspecified atom stereocenters. The molecule has 0 nitrogen and oxygen atoms in total. The van der Waals surface area contributed by atoms with Gasteiger partial charge in [-0.3, -0.25) is 0 Å². The van der Waals surface area contributed by atoms with Crippen LogP contribution in [0, 0.1) is 40.7 Å². The molecular weight excluding hydrogens is 541 g/mol. The van der Waals surface area contributed by atoms with E-state index in [1.54, 1.807) is 0 Å². The first-order valence-corrected chi connectivity index (χ1v) is 8.53. The van der Waals surface area contributed by atoms with E-state index in [-0.39, 0.29) is 0 Å². The normalized spacial score (nSPS) is 13.5. The van der Waals surface area contributed by atoms with Crippen molar-refractivity contribution in [2.45, 2.75) is 18.0 Å². The minimum absolute atomic E-state index is 1.73. The molecular formula is C17Cl2F14. The second-order valence-corrected chi connectivity index (χ2v) is 7.10. The fourth-order valence-corrected chi connectivity index (χ4v) is 3.73. The van der Waals surface area contributed by atoms with E-state index in [2.05, 4.69) is 0 Å². The molecule has 3 rings (SSSR count). The molecule has 0 aromatic heterocycles. The summed E-state index contributed by atoms with van der Waals surface area (Å²) in [5.41, 5.74) is -3.25. The number of halogens is 16. The molecule has 0 spiro atoms. The number of benzene rings is 3. The van der Waals surface area contributed by atoms with Crippen molar-refractivity contribution in [2.24, 2.45) is 0 Å². The van der Waals surface area contributed by atoms with Gasteiger partial charge in [0.2, 0.25) is 0 Å². The smallest absolute Gasteiger partial charge is 0.203 e. The quantitative estimate of drug-likeness (QED) is 0.132. The highest BCUT2D eigenvalue weighted by Crippen LogP contribution is 2.56. The second kappa shape index (κ2) is 7.39. The maximum Gasteiger partial charge on any atom is 0.460 e. The molecule has 0 atom stereocenters. The third kappa shape index (κ3) is 3.12. The van der Waals surface area contributed by atoms with Crippen molar-refractivity contribution in [1.82, 2.24) is 0 Å². The van der Waals surface area contributed by atoms with Crippen molar-refractivity contribution in [3.63, 3.8) is 0 Å². The predicted molar refractivity (Wildman–Crippen MR) is 86.1 cm³/mol. The maximum absolute atomic E-state index is 14.4. The molecule has 0 aliphatic heterocycles. The van der Waals surface area contributed by atoms with Crippen LogP contribution in [-0.4, -0.2) is 12.1 Å². The Labute approximate surface area is 181 Å². The summed E-state index contributed by atoms with van der Waals surface area (Å²) < 4.78 is 192. The minimum atomic E-state index is -7.17. The summed E-state index contributed by atoms with van der Waals surface area (Å²) in [6, 6.07) is 0. The molecule has 0 radical (unpaired) electrons. The molecule has 0 aliphatic rings. The molecule has 0 aliphatic carbocycles. The first kappa shape index (κ1) is 25.4. The van der Waals surface area contributed by atoms with Crippen LogP contribution in [0.5, 0.6) is 0 Å². The minimum Gasteiger partial charge on any atom is -0.203 e. The van der Waals surface area contributed by atoms with Crippen LogP contribution >= 0.6 is 23.2 Å². The number of hydrogen-bond donors (Lipinski definition) is 0. The van der Waals surface area contributed by atoms with E-state index in [9.17, 15) is 61.5 Å². The highest BCUT2D eigenvalue weighted by atomic mass is 35.5. The Morgan fingerprint density at radius 3 is 1.09 bits per heavy atom. The van der Waals surface area contributed by atoms with E-state index in [0.717, 1.165) is 0 Å². The van der Waals surface area contributed by atoms with Gasteiger partial charge in [0.05, 0.1) is 15.6 Å². The molecule has 180 valence electrons. The molecule has 0 fully saturated rings. The molecule has 0 amide bonds. The Morgan fingerprint density at radius 1 is 0.424 bits per heavy atom. The summed E-state index contributed by atoms with van der Waals surface area (Å²) in [5.74, 6) is -33.3. The highest BCUT2D eigenvalue weighted by Gasteiger charge is 2.74. The van der Waals surface area contributed by atoms with E-state index in [0.29, 0.717) is 0 Å². The van der Waals surface area contributed by atoms with Gasteiger partial charge in [0, 0.05) is 21.5 Å². The maximum atomic E-state index is 14.4. The summed E-state index contributed by atoms with van der Waals surface area (Å²) in [6.45, 7) is 0. The van der Waals surface area contributed by atoms with Crippen molar-refractivity contribution in [3.8, 4) is 0 Å². The lowest BCUT2D eigenvalue weighted by Gasteiger charge is -2.30. The van der Waals surface area contributed by atoms with E-state index in [4.69, 9.17) is 23.2 Å². The van der Waals surface area contributed by atoms with Gasteiger partial charge in [-0.2, -0.15) is 30.7 Å². The van der Waals surface area contributed by atoms with Gasteiger partial charge in [0.15, 0.2) is 40.7 Å². The lowest BCUT2D eigenvalue weighted by molar-refractivity contribution is -0.359. The van der Waals surface area contributed by atoms with Gasteiger partial charge in [-0.25, -0.2) is 30.7 Å². The van der Waals surface area contributed by atoms with E-state index < -0.39 is 95.9 Å². The second-order valence-electron chi connectivity index (χ2n) is 6.35. The Hall–Kier alpha value is -2.22. The fraction of sp³-hybridized carbons (Fsp3) is 0.176. The van der Waals surface area contributed by atoms with E-state index >= 15 is 0 Å². The van der Waals surface area contributed by atoms with Crippen LogP contribution in [0.1, 0.15) is 5.56 Å². The Bertz CT molecular complexity index is 1340. The molecule has 33 heavy (non-hydrogen) atoms. The van der Waals surface area contributed by atoms with Crippen LogP contribution in [0.2, 0.25) is 10.0 Å². The van der Waals surface area contributed by atoms with Gasteiger partial charge in [-0.05, 0) is 0 Å². The monoisotopic (exact) mass is 540 g/mol. The lowest BCUT2D eigenvalue weighted by atomic mass is 9.91. The van der Waals surface area contributed by atoms with Crippen LogP contribution in [0.3, 0.4) is 0 Å². The molecule has 0 N–H and O–H groups in total. The Kier molecular flexibility index (Phi) is 5.69. The zero-order valence-electron chi connectivity index (χ0n) is 14.5. The van der Waals surface area contributed by atoms with Gasteiger partial charge in [-0.15, -0.1) is 0 Å². The Morgan fingerprint density at radius 2 is 0.727 bits per heavy atom. The van der Waals surface area contributed by atoms with Crippen LogP contribution < -0.4 is 0 Å². The number of alkyl halides is 7. The number of hydrogen-bond acceptors (Lipinski definition) is 0. The first-order valence-electron chi connectivity index (χ1n) is 7.77. The third-order valence-corrected chi connectivity index (χ3v) is 5.29. The summed E-state index contributed by atoms with van der Waals surface area (Å²) in [5, 5.41) is -11.7. The van der Waals surface area contributed by atoms with Crippen molar-refractivity contribution >= 4 is 44.7 Å². The first-order chi connectivity index (χ1) is 14.8. The molecule has 0 heterocycles. The summed E-state index contributed by atoms with van der Waals surface area (Å²) in [7, 11) is 0. The van der Waals surface area contributed by atoms with Crippen molar-refractivity contribution in [1.29, 1.82) is 0 Å². The van der Waals surface area contributed by atoms with Crippen molar-refractivity contribution < 1.29 is 61.5 Å². The summed E-state index contributed by atoms with van der Waals surface area (Å²) in [4.78, 5) is 0. The standard InChI is InChI=1S/C17Cl2F14/c18-6-1-2(7(19)4-3(6)9(21)13(25)14(26)10(4)22)8(20)12(24)11(23)5(1)15(27,28)16(29,30)17(31,32)33. The van der Waals surface area contributed by atoms with Gasteiger partial charge in [0.25, 0.3) is 0 Å². The molecule has 3 aromatic carbocycles. The third-order valence-electron chi connectivity index (χ3n) is 4.53. The van der Waals surface area contributed by atoms with Crippen LogP contribution in [-0.2, 0) is 5.92 Å². The topological polar surface area (TPSA) is 0 Å². The molecule has 3 aromatic rings.